The van der Waals surface area contributed by atoms with Gasteiger partial charge in [0.25, 0.3) is 0 Å². The summed E-state index contributed by atoms with van der Waals surface area (Å²) < 4.78 is 6.23. The van der Waals surface area contributed by atoms with Gasteiger partial charge in [0.2, 0.25) is 0 Å². The highest BCUT2D eigenvalue weighted by molar-refractivity contribution is 4.91. The Bertz CT molecular complexity index is 252. The molecule has 0 aromatic rings. The van der Waals surface area contributed by atoms with Gasteiger partial charge >= 0.3 is 0 Å². The summed E-state index contributed by atoms with van der Waals surface area (Å²) in [6, 6.07) is 0. The molecule has 126 valence electrons. The van der Waals surface area contributed by atoms with Crippen molar-refractivity contribution >= 4 is 0 Å². The smallest absolute Gasteiger partial charge is 0.0804 e. The Kier molecular flexibility index (Phi) is 8.89. The molecule has 0 bridgehead atoms. The zero-order valence-corrected chi connectivity index (χ0v) is 14.9. The third kappa shape index (κ3) is 7.65. The zero-order chi connectivity index (χ0) is 15.6. The van der Waals surface area contributed by atoms with Crippen LogP contribution in [0, 0.1) is 5.41 Å². The van der Waals surface area contributed by atoms with Gasteiger partial charge in [0.1, 0.15) is 0 Å². The molecule has 21 heavy (non-hydrogen) atoms. The lowest BCUT2D eigenvalue weighted by Gasteiger charge is -2.42. The average Bonchev–Trinajstić information content (AvgIpc) is 2.48. The maximum atomic E-state index is 6.23. The quantitative estimate of drug-likeness (QED) is 0.515. The van der Waals surface area contributed by atoms with E-state index in [4.69, 9.17) is 10.5 Å². The van der Waals surface area contributed by atoms with E-state index in [1.54, 1.807) is 0 Å². The largest absolute Gasteiger partial charge is 0.374 e. The molecular weight excluding hydrogens is 258 g/mol. The van der Waals surface area contributed by atoms with E-state index in [0.717, 1.165) is 19.4 Å². The van der Waals surface area contributed by atoms with Crippen LogP contribution in [0.25, 0.3) is 0 Å². The lowest BCUT2D eigenvalue weighted by atomic mass is 9.71. The molecule has 2 heteroatoms. The van der Waals surface area contributed by atoms with Crippen molar-refractivity contribution in [2.75, 3.05) is 13.2 Å². The SMILES string of the molecule is CCCCCCCCCCOC1(CN)CCC(C)(C)CC1. The number of unbranched alkanes of at least 4 members (excludes halogenated alkanes) is 7. The molecule has 1 rings (SSSR count). The summed E-state index contributed by atoms with van der Waals surface area (Å²) in [5.41, 5.74) is 6.49. The summed E-state index contributed by atoms with van der Waals surface area (Å²) in [5.74, 6) is 0. The van der Waals surface area contributed by atoms with Crippen LogP contribution < -0.4 is 5.73 Å². The normalized spacial score (nSPS) is 20.6. The molecule has 0 unspecified atom stereocenters. The van der Waals surface area contributed by atoms with Crippen molar-refractivity contribution in [3.05, 3.63) is 0 Å². The summed E-state index contributed by atoms with van der Waals surface area (Å²) in [7, 11) is 0. The fraction of sp³-hybridized carbons (Fsp3) is 1.00. The molecule has 2 N–H and O–H groups in total. The molecular formula is C19H39NO. The molecule has 0 radical (unpaired) electrons. The number of hydrogen-bond donors (Lipinski definition) is 1. The average molecular weight is 298 g/mol. The molecule has 0 aliphatic heterocycles. The highest BCUT2D eigenvalue weighted by atomic mass is 16.5. The molecule has 0 aromatic carbocycles. The van der Waals surface area contributed by atoms with E-state index in [1.807, 2.05) is 0 Å². The molecule has 0 heterocycles. The van der Waals surface area contributed by atoms with Crippen LogP contribution in [0.1, 0.15) is 97.8 Å². The highest BCUT2D eigenvalue weighted by Gasteiger charge is 2.37. The van der Waals surface area contributed by atoms with Gasteiger partial charge in [-0.15, -0.1) is 0 Å². The van der Waals surface area contributed by atoms with E-state index in [-0.39, 0.29) is 5.60 Å². The fourth-order valence-corrected chi connectivity index (χ4v) is 3.31. The Hall–Kier alpha value is -0.0800. The van der Waals surface area contributed by atoms with Crippen molar-refractivity contribution in [3.63, 3.8) is 0 Å². The van der Waals surface area contributed by atoms with E-state index in [0.29, 0.717) is 12.0 Å². The van der Waals surface area contributed by atoms with Crippen LogP contribution >= 0.6 is 0 Å². The maximum absolute atomic E-state index is 6.23. The standard InChI is InChI=1S/C19H39NO/c1-4-5-6-7-8-9-10-11-16-21-19(17-20)14-12-18(2,3)13-15-19/h4-17,20H2,1-3H3. The summed E-state index contributed by atoms with van der Waals surface area (Å²) in [5, 5.41) is 0. The maximum Gasteiger partial charge on any atom is 0.0804 e. The first-order chi connectivity index (χ1) is 10.0. The molecule has 1 aliphatic carbocycles. The van der Waals surface area contributed by atoms with Gasteiger partial charge in [-0.2, -0.15) is 0 Å². The Morgan fingerprint density at radius 2 is 1.33 bits per heavy atom. The predicted molar refractivity (Wildman–Crippen MR) is 92.6 cm³/mol. The Morgan fingerprint density at radius 1 is 0.810 bits per heavy atom. The molecule has 0 atom stereocenters. The monoisotopic (exact) mass is 297 g/mol. The van der Waals surface area contributed by atoms with Gasteiger partial charge in [0.15, 0.2) is 0 Å². The molecule has 0 saturated heterocycles. The second-order valence-corrected chi connectivity index (χ2v) is 7.87. The lowest BCUT2D eigenvalue weighted by molar-refractivity contribution is -0.0822. The highest BCUT2D eigenvalue weighted by Crippen LogP contribution is 2.41. The van der Waals surface area contributed by atoms with Crippen molar-refractivity contribution in [2.45, 2.75) is 103 Å². The van der Waals surface area contributed by atoms with Crippen LogP contribution in [0.4, 0.5) is 0 Å². The summed E-state index contributed by atoms with van der Waals surface area (Å²) in [6.45, 7) is 8.61. The van der Waals surface area contributed by atoms with E-state index in [1.165, 1.54) is 64.2 Å². The molecule has 0 aromatic heterocycles. The second-order valence-electron chi connectivity index (χ2n) is 7.87. The molecule has 0 spiro atoms. The van der Waals surface area contributed by atoms with Crippen molar-refractivity contribution in [2.24, 2.45) is 11.1 Å². The van der Waals surface area contributed by atoms with Gasteiger partial charge in [-0.25, -0.2) is 0 Å². The van der Waals surface area contributed by atoms with Crippen LogP contribution in [0.15, 0.2) is 0 Å². The second kappa shape index (κ2) is 9.84. The predicted octanol–water partition coefficient (Wildman–Crippen LogP) is 5.44. The first-order valence-corrected chi connectivity index (χ1v) is 9.38. The first kappa shape index (κ1) is 19.0. The van der Waals surface area contributed by atoms with Crippen molar-refractivity contribution in [1.29, 1.82) is 0 Å². The molecule has 1 fully saturated rings. The molecule has 0 amide bonds. The summed E-state index contributed by atoms with van der Waals surface area (Å²) >= 11 is 0. The Morgan fingerprint density at radius 3 is 1.86 bits per heavy atom. The topological polar surface area (TPSA) is 35.2 Å². The van der Waals surface area contributed by atoms with Gasteiger partial charge < -0.3 is 10.5 Å². The van der Waals surface area contributed by atoms with Gasteiger partial charge in [0, 0.05) is 13.2 Å². The van der Waals surface area contributed by atoms with E-state index in [9.17, 15) is 0 Å². The van der Waals surface area contributed by atoms with E-state index >= 15 is 0 Å². The zero-order valence-electron chi connectivity index (χ0n) is 14.9. The lowest BCUT2D eigenvalue weighted by Crippen LogP contribution is -2.45. The third-order valence-electron chi connectivity index (χ3n) is 5.29. The van der Waals surface area contributed by atoms with Gasteiger partial charge in [-0.1, -0.05) is 65.7 Å². The molecule has 1 aliphatic rings. The van der Waals surface area contributed by atoms with Gasteiger partial charge in [-0.05, 0) is 37.5 Å². The number of rotatable bonds is 11. The van der Waals surface area contributed by atoms with Crippen LogP contribution in [-0.2, 0) is 4.74 Å². The van der Waals surface area contributed by atoms with Crippen LogP contribution in [0.5, 0.6) is 0 Å². The number of hydrogen-bond acceptors (Lipinski definition) is 2. The van der Waals surface area contributed by atoms with Crippen molar-refractivity contribution < 1.29 is 4.74 Å². The van der Waals surface area contributed by atoms with Crippen molar-refractivity contribution in [3.8, 4) is 0 Å². The fourth-order valence-electron chi connectivity index (χ4n) is 3.31. The first-order valence-electron chi connectivity index (χ1n) is 9.38. The minimum atomic E-state index is -0.00333. The summed E-state index contributed by atoms with van der Waals surface area (Å²) in [6.07, 6.45) is 15.7. The van der Waals surface area contributed by atoms with Crippen LogP contribution in [-0.4, -0.2) is 18.8 Å². The Balaban J connectivity index is 2.05. The number of nitrogens with two attached hydrogens (primary N) is 1. The molecule has 1 saturated carbocycles. The minimum Gasteiger partial charge on any atom is -0.374 e. The summed E-state index contributed by atoms with van der Waals surface area (Å²) in [4.78, 5) is 0. The van der Waals surface area contributed by atoms with E-state index in [2.05, 4.69) is 20.8 Å². The number of ether oxygens (including phenoxy) is 1. The van der Waals surface area contributed by atoms with Gasteiger partial charge in [0.05, 0.1) is 5.60 Å². The molecule has 2 nitrogen and oxygen atoms in total. The van der Waals surface area contributed by atoms with Gasteiger partial charge in [-0.3, -0.25) is 0 Å². The minimum absolute atomic E-state index is 0.00333. The van der Waals surface area contributed by atoms with Crippen LogP contribution in [0.3, 0.4) is 0 Å². The Labute approximate surface area is 133 Å². The van der Waals surface area contributed by atoms with Crippen LogP contribution in [0.2, 0.25) is 0 Å². The van der Waals surface area contributed by atoms with E-state index < -0.39 is 0 Å². The third-order valence-corrected chi connectivity index (χ3v) is 5.29. The van der Waals surface area contributed by atoms with Crippen molar-refractivity contribution in [1.82, 2.24) is 0 Å².